The van der Waals surface area contributed by atoms with Crippen LogP contribution in [0.25, 0.3) is 43.8 Å². The third kappa shape index (κ3) is 9.55. The summed E-state index contributed by atoms with van der Waals surface area (Å²) in [6.07, 6.45) is -8.73. The van der Waals surface area contributed by atoms with Crippen LogP contribution in [0.3, 0.4) is 0 Å². The summed E-state index contributed by atoms with van der Waals surface area (Å²) in [7, 11) is 1.08. The minimum atomic E-state index is -4.36. The van der Waals surface area contributed by atoms with Crippen molar-refractivity contribution in [2.24, 2.45) is 0 Å². The number of fused-ring (bicyclic) bond motifs is 2. The van der Waals surface area contributed by atoms with Crippen molar-refractivity contribution in [3.63, 3.8) is 0 Å². The molecule has 0 amide bonds. The molecule has 0 unspecified atom stereocenters. The fraction of sp³-hybridized carbons (Fsp3) is 0.286. The molecule has 0 fully saturated rings. The summed E-state index contributed by atoms with van der Waals surface area (Å²) in [5, 5.41) is 3.69. The summed E-state index contributed by atoms with van der Waals surface area (Å²) in [4.78, 5) is 0. The third-order valence-corrected chi connectivity index (χ3v) is 8.28. The van der Waals surface area contributed by atoms with Crippen molar-refractivity contribution >= 4 is 31.1 Å². The van der Waals surface area contributed by atoms with Gasteiger partial charge in [0.25, 0.3) is 0 Å². The van der Waals surface area contributed by atoms with Crippen LogP contribution in [0.5, 0.6) is 0 Å². The van der Waals surface area contributed by atoms with Gasteiger partial charge in [-0.25, -0.2) is 0 Å². The van der Waals surface area contributed by atoms with Crippen molar-refractivity contribution < 1.29 is 52.2 Å². The Kier molecular flexibility index (Phi) is 13.2. The molecule has 0 aliphatic carbocycles. The molecule has 0 aliphatic heterocycles. The number of hydrogen-bond acceptors (Lipinski definition) is 0. The number of benzene rings is 4. The number of hydrogen-bond donors (Lipinski definition) is 0. The van der Waals surface area contributed by atoms with E-state index in [-0.39, 0.29) is 47.8 Å². The van der Waals surface area contributed by atoms with Gasteiger partial charge >= 0.3 is 12.4 Å². The van der Waals surface area contributed by atoms with Crippen LogP contribution in [0.2, 0.25) is 13.1 Å². The summed E-state index contributed by atoms with van der Waals surface area (Å²) in [6.45, 7) is 16.9. The van der Waals surface area contributed by atoms with Crippen LogP contribution in [-0.2, 0) is 49.0 Å². The Bertz CT molecular complexity index is 1870. The molecule has 0 spiro atoms. The van der Waals surface area contributed by atoms with Gasteiger partial charge in [-0.1, -0.05) is 114 Å². The van der Waals surface area contributed by atoms with Gasteiger partial charge in [0.15, 0.2) is 0 Å². The summed E-state index contributed by atoms with van der Waals surface area (Å²) in [5.74, 6) is 0. The summed E-state index contributed by atoms with van der Waals surface area (Å²) >= 11 is 0. The number of alkyl halides is 6. The van der Waals surface area contributed by atoms with Crippen LogP contribution in [0.4, 0.5) is 26.3 Å². The van der Waals surface area contributed by atoms with E-state index >= 15 is 0 Å². The maximum absolute atomic E-state index is 13.3. The van der Waals surface area contributed by atoms with Gasteiger partial charge < -0.3 is 0 Å². The summed E-state index contributed by atoms with van der Waals surface area (Å²) < 4.78 is 80.0. The first-order valence-electron chi connectivity index (χ1n) is 16.1. The minimum absolute atomic E-state index is 0. The molecule has 0 saturated heterocycles. The Labute approximate surface area is 313 Å². The molecule has 8 heteroatoms. The number of rotatable bonds is 2. The molecule has 0 atom stereocenters. The first kappa shape index (κ1) is 41.2. The van der Waals surface area contributed by atoms with Gasteiger partial charge in [-0.3, -0.25) is 0 Å². The molecule has 50 heavy (non-hydrogen) atoms. The van der Waals surface area contributed by atoms with E-state index in [0.29, 0.717) is 11.1 Å². The quantitative estimate of drug-likeness (QED) is 0.0924. The zero-order valence-electron chi connectivity index (χ0n) is 29.7. The van der Waals surface area contributed by atoms with Gasteiger partial charge in [-0.2, -0.15) is 38.5 Å². The monoisotopic (exact) mass is 868 g/mol. The van der Waals surface area contributed by atoms with Crippen molar-refractivity contribution in [3.8, 4) is 22.3 Å². The van der Waals surface area contributed by atoms with Gasteiger partial charge in [0.05, 0.1) is 11.1 Å². The Hall–Kier alpha value is -3.23. The van der Waals surface area contributed by atoms with Crippen molar-refractivity contribution in [1.29, 1.82) is 0 Å². The molecule has 0 bridgehead atoms. The van der Waals surface area contributed by atoms with E-state index in [1.807, 2.05) is 36.4 Å². The molecule has 0 aliphatic rings. The molecule has 0 nitrogen and oxygen atoms in total. The van der Waals surface area contributed by atoms with E-state index in [1.165, 1.54) is 12.1 Å². The smallest absolute Gasteiger partial charge is 0.166 e. The largest absolute Gasteiger partial charge is 0.416 e. The Morgan fingerprint density at radius 2 is 0.760 bits per heavy atom. The van der Waals surface area contributed by atoms with E-state index in [2.05, 4.69) is 66.8 Å². The molecule has 0 aromatic heterocycles. The average molecular weight is 867 g/mol. The third-order valence-electron chi connectivity index (χ3n) is 8.28. The minimum Gasteiger partial charge on any atom is -0.166 e. The van der Waals surface area contributed by atoms with Gasteiger partial charge in [0.1, 0.15) is 0 Å². The van der Waals surface area contributed by atoms with Crippen LogP contribution >= 0.6 is 0 Å². The maximum atomic E-state index is 13.3. The molecule has 6 aromatic rings. The van der Waals surface area contributed by atoms with E-state index in [0.717, 1.165) is 54.3 Å². The average Bonchev–Trinajstić information content (AvgIpc) is 3.66. The van der Waals surface area contributed by atoms with Crippen LogP contribution in [0.15, 0.2) is 109 Å². The van der Waals surface area contributed by atoms with Crippen molar-refractivity contribution in [2.75, 3.05) is 0 Å². The topological polar surface area (TPSA) is 0 Å². The van der Waals surface area contributed by atoms with Crippen molar-refractivity contribution in [2.45, 2.75) is 77.8 Å². The van der Waals surface area contributed by atoms with Crippen LogP contribution in [0, 0.1) is 0 Å². The van der Waals surface area contributed by atoms with E-state index < -0.39 is 23.5 Å². The second-order valence-corrected chi connectivity index (χ2v) is 15.2. The van der Waals surface area contributed by atoms with Crippen LogP contribution in [0.1, 0.15) is 63.8 Å². The normalized spacial score (nSPS) is 12.1. The molecular weight excluding hydrogens is 825 g/mol. The molecular formula is C42H42F6HfSi-2. The molecule has 0 N–H and O–H groups in total. The first-order valence-corrected chi connectivity index (χ1v) is 18.1. The molecule has 0 heterocycles. The van der Waals surface area contributed by atoms with Crippen molar-refractivity contribution in [3.05, 3.63) is 131 Å². The van der Waals surface area contributed by atoms with E-state index in [1.54, 1.807) is 36.4 Å². The summed E-state index contributed by atoms with van der Waals surface area (Å²) in [6, 6.07) is 30.7. The Morgan fingerprint density at radius 3 is 1.06 bits per heavy atom. The second-order valence-electron chi connectivity index (χ2n) is 14.2. The molecule has 6 aromatic carbocycles. The van der Waals surface area contributed by atoms with Gasteiger partial charge in [0.2, 0.25) is 0 Å². The van der Waals surface area contributed by atoms with E-state index in [9.17, 15) is 26.3 Å². The SMILES string of the molecule is CC(C)(C)c1cc2c(-c3ccccc3C(F)(F)F)cccc2[cH-]1.CC(C)(C)c1cc2c(-c3ccccc3C(F)(F)F)cccc2[cH-]1.C[Si]C.[Hf]. The number of halogens is 6. The van der Waals surface area contributed by atoms with Gasteiger partial charge in [-0.15, -0.1) is 69.1 Å². The summed E-state index contributed by atoms with van der Waals surface area (Å²) in [5.41, 5.74) is 2.72. The zero-order chi connectivity index (χ0) is 36.4. The standard InChI is InChI=1S/2C20H18F3.C2H6Si.Hf/c2*1-19(2,3)14-11-13-7-6-9-15(17(13)12-14)16-8-4-5-10-18(16)20(21,22)23;1-3-2;/h2*4-12H,1-3H3;1-2H3;/q2*-1;;. The molecule has 6 rings (SSSR count). The Morgan fingerprint density at radius 1 is 0.460 bits per heavy atom. The zero-order valence-corrected chi connectivity index (χ0v) is 34.3. The molecule has 2 radical (unpaired) electrons. The maximum Gasteiger partial charge on any atom is 0.416 e. The predicted octanol–water partition coefficient (Wildman–Crippen LogP) is 13.9. The van der Waals surface area contributed by atoms with Gasteiger partial charge in [-0.05, 0) is 34.1 Å². The predicted molar refractivity (Wildman–Crippen MR) is 195 cm³/mol. The van der Waals surface area contributed by atoms with E-state index in [4.69, 9.17) is 0 Å². The Balaban J connectivity index is 0.000000246. The second kappa shape index (κ2) is 16.0. The molecule has 262 valence electrons. The van der Waals surface area contributed by atoms with Crippen LogP contribution in [-0.4, -0.2) is 9.52 Å². The molecule has 0 saturated carbocycles. The first-order chi connectivity index (χ1) is 22.8. The fourth-order valence-corrected chi connectivity index (χ4v) is 5.74. The van der Waals surface area contributed by atoms with Crippen LogP contribution < -0.4 is 0 Å². The van der Waals surface area contributed by atoms with Gasteiger partial charge in [0, 0.05) is 35.4 Å². The van der Waals surface area contributed by atoms with Crippen molar-refractivity contribution in [1.82, 2.24) is 0 Å². The fourth-order valence-electron chi connectivity index (χ4n) is 5.74.